The summed E-state index contributed by atoms with van der Waals surface area (Å²) in [5.74, 6) is -2.02. The van der Waals surface area contributed by atoms with Crippen molar-refractivity contribution in [1.29, 1.82) is 0 Å². The first-order valence-electron chi connectivity index (χ1n) is 7.60. The van der Waals surface area contributed by atoms with Gasteiger partial charge in [0, 0.05) is 19.5 Å². The van der Waals surface area contributed by atoms with E-state index in [1.54, 1.807) is 0 Å². The molecule has 0 radical (unpaired) electrons. The fraction of sp³-hybridized carbons (Fsp3) is 0.467. The van der Waals surface area contributed by atoms with E-state index in [1.807, 2.05) is 0 Å². The fourth-order valence-electron chi connectivity index (χ4n) is 2.69. The van der Waals surface area contributed by atoms with Crippen LogP contribution >= 0.6 is 0 Å². The lowest BCUT2D eigenvalue weighted by Gasteiger charge is -2.16. The number of esters is 2. The SMILES string of the molecule is O=C(OC1CCOC1=O)c1cc(S(=O)(=O)N2CCCC2)ccc1O. The zero-order valence-corrected chi connectivity index (χ0v) is 13.6. The van der Waals surface area contributed by atoms with Crippen molar-refractivity contribution in [3.63, 3.8) is 0 Å². The van der Waals surface area contributed by atoms with Crippen molar-refractivity contribution in [2.45, 2.75) is 30.3 Å². The second kappa shape index (κ2) is 6.40. The molecule has 1 N–H and O–H groups in total. The number of sulfonamides is 1. The van der Waals surface area contributed by atoms with Crippen LogP contribution in [0.3, 0.4) is 0 Å². The number of carbonyl (C=O) groups is 2. The van der Waals surface area contributed by atoms with Crippen LogP contribution < -0.4 is 0 Å². The van der Waals surface area contributed by atoms with Crippen molar-refractivity contribution in [3.05, 3.63) is 23.8 Å². The van der Waals surface area contributed by atoms with Gasteiger partial charge in [0.05, 0.1) is 11.5 Å². The third-order valence-electron chi connectivity index (χ3n) is 4.03. The molecule has 2 aliphatic heterocycles. The summed E-state index contributed by atoms with van der Waals surface area (Å²) in [7, 11) is -3.73. The van der Waals surface area contributed by atoms with E-state index < -0.39 is 33.8 Å². The van der Waals surface area contributed by atoms with E-state index in [0.29, 0.717) is 13.1 Å². The van der Waals surface area contributed by atoms with Crippen LogP contribution in [-0.4, -0.2) is 55.6 Å². The third-order valence-corrected chi connectivity index (χ3v) is 5.92. The van der Waals surface area contributed by atoms with Crippen LogP contribution in [0.1, 0.15) is 29.6 Å². The van der Waals surface area contributed by atoms with Gasteiger partial charge in [-0.15, -0.1) is 0 Å². The van der Waals surface area contributed by atoms with Crippen molar-refractivity contribution in [2.24, 2.45) is 0 Å². The van der Waals surface area contributed by atoms with Gasteiger partial charge >= 0.3 is 11.9 Å². The van der Waals surface area contributed by atoms with Gasteiger partial charge in [-0.1, -0.05) is 0 Å². The van der Waals surface area contributed by atoms with Crippen LogP contribution in [0.4, 0.5) is 0 Å². The molecule has 2 aliphatic rings. The van der Waals surface area contributed by atoms with Crippen LogP contribution in [0.25, 0.3) is 0 Å². The first kappa shape index (κ1) is 16.7. The third kappa shape index (κ3) is 3.09. The number of phenolic OH excluding ortho intramolecular Hbond substituents is 1. The molecule has 0 aliphatic carbocycles. The topological polar surface area (TPSA) is 110 Å². The summed E-state index contributed by atoms with van der Waals surface area (Å²) < 4.78 is 36.1. The van der Waals surface area contributed by atoms with Crippen molar-refractivity contribution >= 4 is 22.0 Å². The number of hydrogen-bond donors (Lipinski definition) is 1. The van der Waals surface area contributed by atoms with Crippen LogP contribution in [0.15, 0.2) is 23.1 Å². The smallest absolute Gasteiger partial charge is 0.347 e. The number of hydrogen-bond acceptors (Lipinski definition) is 7. The minimum absolute atomic E-state index is 0.0943. The summed E-state index contributed by atoms with van der Waals surface area (Å²) in [5, 5.41) is 9.85. The van der Waals surface area contributed by atoms with Gasteiger partial charge in [-0.25, -0.2) is 18.0 Å². The predicted octanol–water partition coefficient (Wildman–Crippen LogP) is 0.649. The predicted molar refractivity (Wildman–Crippen MR) is 80.9 cm³/mol. The zero-order chi connectivity index (χ0) is 17.3. The quantitative estimate of drug-likeness (QED) is 0.790. The number of aromatic hydroxyl groups is 1. The van der Waals surface area contributed by atoms with E-state index >= 15 is 0 Å². The fourth-order valence-corrected chi connectivity index (χ4v) is 4.24. The largest absolute Gasteiger partial charge is 0.507 e. The Morgan fingerprint density at radius 3 is 2.62 bits per heavy atom. The van der Waals surface area contributed by atoms with E-state index in [2.05, 4.69) is 0 Å². The minimum Gasteiger partial charge on any atom is -0.507 e. The van der Waals surface area contributed by atoms with Gasteiger partial charge in [0.15, 0.2) is 0 Å². The first-order valence-corrected chi connectivity index (χ1v) is 9.04. The molecule has 130 valence electrons. The summed E-state index contributed by atoms with van der Waals surface area (Å²) in [6, 6.07) is 3.45. The van der Waals surface area contributed by atoms with Gasteiger partial charge in [-0.3, -0.25) is 0 Å². The monoisotopic (exact) mass is 355 g/mol. The van der Waals surface area contributed by atoms with Crippen molar-refractivity contribution in [1.82, 2.24) is 4.31 Å². The molecule has 0 saturated carbocycles. The molecule has 24 heavy (non-hydrogen) atoms. The van der Waals surface area contributed by atoms with Gasteiger partial charge < -0.3 is 14.6 Å². The standard InChI is InChI=1S/C15H17NO7S/c17-12-4-3-10(24(20,21)16-6-1-2-7-16)9-11(12)14(18)23-13-5-8-22-15(13)19/h3-4,9,13,17H,1-2,5-8H2. The molecule has 1 aromatic rings. The maximum Gasteiger partial charge on any atom is 0.347 e. The molecule has 2 fully saturated rings. The number of cyclic esters (lactones) is 1. The Morgan fingerprint density at radius 1 is 1.29 bits per heavy atom. The molecule has 1 atom stereocenters. The molecular formula is C15H17NO7S. The lowest BCUT2D eigenvalue weighted by atomic mass is 10.2. The number of carbonyl (C=O) groups excluding carboxylic acids is 2. The lowest BCUT2D eigenvalue weighted by Crippen LogP contribution is -2.28. The highest BCUT2D eigenvalue weighted by molar-refractivity contribution is 7.89. The average molecular weight is 355 g/mol. The highest BCUT2D eigenvalue weighted by atomic mass is 32.2. The van der Waals surface area contributed by atoms with Crippen LogP contribution in [0, 0.1) is 0 Å². The maximum absolute atomic E-state index is 12.5. The van der Waals surface area contributed by atoms with Gasteiger partial charge in [0.1, 0.15) is 11.3 Å². The summed E-state index contributed by atoms with van der Waals surface area (Å²) in [6.07, 6.45) is 0.777. The van der Waals surface area contributed by atoms with E-state index in [1.165, 1.54) is 10.4 Å². The lowest BCUT2D eigenvalue weighted by molar-refractivity contribution is -0.145. The molecular weight excluding hydrogens is 338 g/mol. The molecule has 0 bridgehead atoms. The number of ether oxygens (including phenoxy) is 2. The summed E-state index contributed by atoms with van der Waals surface area (Å²) in [6.45, 7) is 1.01. The molecule has 1 aromatic carbocycles. The number of phenols is 1. The summed E-state index contributed by atoms with van der Waals surface area (Å²) in [5.41, 5.74) is -0.296. The Labute approximate surface area is 139 Å². The second-order valence-electron chi connectivity index (χ2n) is 5.64. The Morgan fingerprint density at radius 2 is 2.00 bits per heavy atom. The van der Waals surface area contributed by atoms with E-state index in [9.17, 15) is 23.1 Å². The number of benzene rings is 1. The molecule has 3 rings (SSSR count). The Kier molecular flexibility index (Phi) is 4.46. The van der Waals surface area contributed by atoms with Crippen LogP contribution in [-0.2, 0) is 24.3 Å². The molecule has 8 nitrogen and oxygen atoms in total. The van der Waals surface area contributed by atoms with Gasteiger partial charge in [-0.05, 0) is 31.0 Å². The van der Waals surface area contributed by atoms with Crippen molar-refractivity contribution < 1.29 is 32.6 Å². The van der Waals surface area contributed by atoms with Crippen LogP contribution in [0.2, 0.25) is 0 Å². The maximum atomic E-state index is 12.5. The van der Waals surface area contributed by atoms with E-state index in [0.717, 1.165) is 25.0 Å². The molecule has 9 heteroatoms. The highest BCUT2D eigenvalue weighted by Gasteiger charge is 2.32. The minimum atomic E-state index is -3.73. The van der Waals surface area contributed by atoms with Gasteiger partial charge in [0.2, 0.25) is 16.1 Å². The van der Waals surface area contributed by atoms with E-state index in [-0.39, 0.29) is 23.5 Å². The molecule has 2 saturated heterocycles. The Hall–Kier alpha value is -2.13. The molecule has 2 heterocycles. The number of rotatable bonds is 4. The average Bonchev–Trinajstić information content (AvgIpc) is 3.20. The number of nitrogens with zero attached hydrogens (tertiary/aromatic N) is 1. The van der Waals surface area contributed by atoms with Crippen LogP contribution in [0.5, 0.6) is 5.75 Å². The zero-order valence-electron chi connectivity index (χ0n) is 12.8. The molecule has 0 spiro atoms. The first-order chi connectivity index (χ1) is 11.4. The molecule has 1 unspecified atom stereocenters. The summed E-state index contributed by atoms with van der Waals surface area (Å²) in [4.78, 5) is 23.4. The van der Waals surface area contributed by atoms with Crippen molar-refractivity contribution in [3.8, 4) is 5.75 Å². The van der Waals surface area contributed by atoms with Gasteiger partial charge in [0.25, 0.3) is 0 Å². The van der Waals surface area contributed by atoms with E-state index in [4.69, 9.17) is 9.47 Å². The molecule has 0 amide bonds. The Bertz CT molecular complexity index is 768. The highest BCUT2D eigenvalue weighted by Crippen LogP contribution is 2.27. The second-order valence-corrected chi connectivity index (χ2v) is 7.58. The van der Waals surface area contributed by atoms with Gasteiger partial charge in [-0.2, -0.15) is 4.31 Å². The van der Waals surface area contributed by atoms with Crippen molar-refractivity contribution in [2.75, 3.05) is 19.7 Å². The normalized spacial score (nSPS) is 21.7. The summed E-state index contributed by atoms with van der Waals surface area (Å²) >= 11 is 0. The molecule has 0 aromatic heterocycles. The Balaban J connectivity index is 1.86.